The van der Waals surface area contributed by atoms with Gasteiger partial charge in [-0.05, 0) is 40.7 Å². The minimum atomic E-state index is -0.634. The monoisotopic (exact) mass is 787 g/mol. The number of carbonyl (C=O) groups excluding carboxylic acids is 2. The average molecular weight is 788 g/mol. The lowest BCUT2D eigenvalue weighted by atomic mass is 9.90. The van der Waals surface area contributed by atoms with Crippen LogP contribution in [0.4, 0.5) is 4.79 Å². The van der Waals surface area contributed by atoms with Crippen molar-refractivity contribution in [2.75, 3.05) is 13.7 Å². The first-order valence-electron chi connectivity index (χ1n) is 19.8. The molecule has 5 aromatic rings. The number of rotatable bonds is 21. The van der Waals surface area contributed by atoms with Crippen LogP contribution in [0.25, 0.3) is 0 Å². The van der Waals surface area contributed by atoms with E-state index in [1.165, 1.54) is 7.11 Å². The molecular formula is C48H53NO9. The van der Waals surface area contributed by atoms with Gasteiger partial charge in [-0.3, -0.25) is 4.79 Å². The topological polar surface area (TPSA) is 111 Å². The van der Waals surface area contributed by atoms with Gasteiger partial charge in [0.2, 0.25) is 0 Å². The van der Waals surface area contributed by atoms with Crippen LogP contribution < -0.4 is 5.32 Å². The molecule has 1 aliphatic heterocycles. The molecular weight excluding hydrogens is 735 g/mol. The molecule has 6 atom stereocenters. The summed E-state index contributed by atoms with van der Waals surface area (Å²) in [5.74, 6) is -0.458. The predicted molar refractivity (Wildman–Crippen MR) is 219 cm³/mol. The minimum absolute atomic E-state index is 0.0560. The number of methoxy groups -OCH3 is 1. The van der Waals surface area contributed by atoms with Crippen molar-refractivity contribution in [2.24, 2.45) is 0 Å². The molecule has 1 amide bonds. The number of benzene rings is 5. The largest absolute Gasteiger partial charge is 0.469 e. The van der Waals surface area contributed by atoms with Crippen molar-refractivity contribution in [3.05, 3.63) is 179 Å². The van der Waals surface area contributed by atoms with Crippen molar-refractivity contribution in [3.8, 4) is 0 Å². The highest BCUT2D eigenvalue weighted by Gasteiger charge is 2.48. The molecule has 10 nitrogen and oxygen atoms in total. The molecule has 0 bridgehead atoms. The molecule has 1 aliphatic rings. The Hall–Kier alpha value is -5.36. The molecule has 58 heavy (non-hydrogen) atoms. The molecule has 10 heteroatoms. The molecule has 0 aliphatic carbocycles. The molecule has 0 aromatic heterocycles. The number of amides is 1. The van der Waals surface area contributed by atoms with E-state index in [2.05, 4.69) is 5.32 Å². The highest BCUT2D eigenvalue weighted by molar-refractivity contribution is 5.72. The van der Waals surface area contributed by atoms with Gasteiger partial charge in [-0.25, -0.2) is 4.79 Å². The smallest absolute Gasteiger partial charge is 0.407 e. The quantitative estimate of drug-likeness (QED) is 0.0734. The molecule has 0 unspecified atom stereocenters. The van der Waals surface area contributed by atoms with Gasteiger partial charge in [-0.1, -0.05) is 152 Å². The first kappa shape index (κ1) is 42.3. The molecule has 1 heterocycles. The summed E-state index contributed by atoms with van der Waals surface area (Å²) >= 11 is 0. The van der Waals surface area contributed by atoms with Gasteiger partial charge < -0.3 is 38.5 Å². The van der Waals surface area contributed by atoms with E-state index >= 15 is 0 Å². The van der Waals surface area contributed by atoms with E-state index in [4.69, 9.17) is 33.2 Å². The number of nitrogens with one attached hydrogen (secondary N) is 1. The van der Waals surface area contributed by atoms with Gasteiger partial charge in [0.25, 0.3) is 0 Å². The predicted octanol–water partition coefficient (Wildman–Crippen LogP) is 8.37. The van der Waals surface area contributed by atoms with Crippen LogP contribution in [0.1, 0.15) is 47.1 Å². The summed E-state index contributed by atoms with van der Waals surface area (Å²) in [6.07, 6.45) is -2.85. The molecule has 5 aromatic carbocycles. The fraction of sp³-hybridized carbons (Fsp3) is 0.333. The van der Waals surface area contributed by atoms with Gasteiger partial charge in [-0.15, -0.1) is 0 Å². The maximum Gasteiger partial charge on any atom is 0.407 e. The number of carbonyl (C=O) groups is 2. The second-order valence-corrected chi connectivity index (χ2v) is 14.3. The third kappa shape index (κ3) is 13.6. The van der Waals surface area contributed by atoms with Crippen LogP contribution in [0.3, 0.4) is 0 Å². The Labute approximate surface area is 341 Å². The number of alkyl carbamates (subject to hydrolysis) is 1. The fourth-order valence-corrected chi connectivity index (χ4v) is 6.92. The fourth-order valence-electron chi connectivity index (χ4n) is 6.92. The Morgan fingerprint density at radius 3 is 1.43 bits per heavy atom. The summed E-state index contributed by atoms with van der Waals surface area (Å²) in [5, 5.41) is 2.89. The van der Waals surface area contributed by atoms with Crippen LogP contribution in [0.2, 0.25) is 0 Å². The third-order valence-electron chi connectivity index (χ3n) is 9.95. The van der Waals surface area contributed by atoms with Gasteiger partial charge in [0.05, 0.1) is 52.7 Å². The summed E-state index contributed by atoms with van der Waals surface area (Å²) in [5.41, 5.74) is 4.88. The molecule has 1 fully saturated rings. The van der Waals surface area contributed by atoms with Gasteiger partial charge >= 0.3 is 12.1 Å². The lowest BCUT2D eigenvalue weighted by Gasteiger charge is -2.46. The van der Waals surface area contributed by atoms with Crippen molar-refractivity contribution >= 4 is 12.1 Å². The Kier molecular flexibility index (Phi) is 16.9. The van der Waals surface area contributed by atoms with Crippen LogP contribution >= 0.6 is 0 Å². The summed E-state index contributed by atoms with van der Waals surface area (Å²) in [6.45, 7) is 1.63. The third-order valence-corrected chi connectivity index (χ3v) is 9.95. The van der Waals surface area contributed by atoms with E-state index in [0.717, 1.165) is 27.8 Å². The Bertz CT molecular complexity index is 1900. The van der Waals surface area contributed by atoms with Gasteiger partial charge in [-0.2, -0.15) is 0 Å². The Morgan fingerprint density at radius 1 is 0.552 bits per heavy atom. The second kappa shape index (κ2) is 23.1. The zero-order valence-electron chi connectivity index (χ0n) is 32.9. The minimum Gasteiger partial charge on any atom is -0.469 e. The number of ether oxygens (including phenoxy) is 7. The van der Waals surface area contributed by atoms with Gasteiger partial charge in [0.15, 0.2) is 0 Å². The van der Waals surface area contributed by atoms with Crippen molar-refractivity contribution < 1.29 is 42.7 Å². The molecule has 1 saturated heterocycles. The lowest BCUT2D eigenvalue weighted by molar-refractivity contribution is -0.273. The van der Waals surface area contributed by atoms with Crippen LogP contribution in [-0.2, 0) is 71.0 Å². The highest BCUT2D eigenvalue weighted by atomic mass is 16.6. The number of hydrogen-bond donors (Lipinski definition) is 1. The summed E-state index contributed by atoms with van der Waals surface area (Å²) in [6, 6.07) is 48.7. The zero-order valence-corrected chi connectivity index (χ0v) is 32.9. The lowest BCUT2D eigenvalue weighted by Crippen LogP contribution is -2.61. The molecule has 6 rings (SSSR count). The maximum absolute atomic E-state index is 13.1. The Balaban J connectivity index is 1.27. The van der Waals surface area contributed by atoms with E-state index in [-0.39, 0.29) is 19.6 Å². The van der Waals surface area contributed by atoms with Crippen LogP contribution in [0.5, 0.6) is 0 Å². The zero-order chi connectivity index (χ0) is 40.2. The van der Waals surface area contributed by atoms with E-state index in [1.807, 2.05) is 152 Å². The van der Waals surface area contributed by atoms with Crippen molar-refractivity contribution in [1.29, 1.82) is 0 Å². The molecule has 0 spiro atoms. The summed E-state index contributed by atoms with van der Waals surface area (Å²) < 4.78 is 44.3. The standard InChI is InChI=1S/C48H53NO9/c1-52-44(50)29-41(49-48(51)57-34-40-25-15-6-16-26-40)27-28-42-45(54-31-37-19-9-3-10-20-37)47(56-33-39-23-13-5-14-24-39)46(55-32-38-21-11-4-12-22-38)43(58-42)35-53-30-36-17-7-2-8-18-36/h2-26,41-43,45-47H,27-35H2,1H3,(H,49,51)/t41-,42-,43-,45+,46-,47-/m1/s1. The van der Waals surface area contributed by atoms with E-state index < -0.39 is 48.6 Å². The Morgan fingerprint density at radius 2 is 0.966 bits per heavy atom. The van der Waals surface area contributed by atoms with Gasteiger partial charge in [0.1, 0.15) is 31.0 Å². The first-order chi connectivity index (χ1) is 28.5. The van der Waals surface area contributed by atoms with Crippen LogP contribution in [0.15, 0.2) is 152 Å². The molecule has 0 saturated carbocycles. The first-order valence-corrected chi connectivity index (χ1v) is 19.8. The molecule has 1 N–H and O–H groups in total. The van der Waals surface area contributed by atoms with Crippen molar-refractivity contribution in [3.63, 3.8) is 0 Å². The number of esters is 1. The van der Waals surface area contributed by atoms with Crippen molar-refractivity contribution in [2.45, 2.75) is 88.9 Å². The number of hydrogen-bond acceptors (Lipinski definition) is 9. The summed E-state index contributed by atoms with van der Waals surface area (Å²) in [4.78, 5) is 25.7. The van der Waals surface area contributed by atoms with E-state index in [0.29, 0.717) is 39.3 Å². The second-order valence-electron chi connectivity index (χ2n) is 14.3. The van der Waals surface area contributed by atoms with Crippen LogP contribution in [0, 0.1) is 0 Å². The van der Waals surface area contributed by atoms with Gasteiger partial charge in [0, 0.05) is 6.04 Å². The van der Waals surface area contributed by atoms with Crippen molar-refractivity contribution in [1.82, 2.24) is 5.32 Å². The average Bonchev–Trinajstić information content (AvgIpc) is 3.27. The SMILES string of the molecule is COC(=O)C[C@@H](CC[C@H]1O[C@H](COCc2ccccc2)[C@@H](OCc2ccccc2)[C@H](OCc2ccccc2)[C@H]1OCc1ccccc1)NC(=O)OCc1ccccc1. The molecule has 304 valence electrons. The van der Waals surface area contributed by atoms with Crippen LogP contribution in [-0.4, -0.2) is 62.3 Å². The maximum atomic E-state index is 13.1. The van der Waals surface area contributed by atoms with E-state index in [1.54, 1.807) is 0 Å². The highest BCUT2D eigenvalue weighted by Crippen LogP contribution is 2.33. The normalized spacial score (nSPS) is 19.5. The molecule has 0 radical (unpaired) electrons. The summed E-state index contributed by atoms with van der Waals surface area (Å²) in [7, 11) is 1.33. The van der Waals surface area contributed by atoms with E-state index in [9.17, 15) is 9.59 Å².